The van der Waals surface area contributed by atoms with Crippen LogP contribution in [0.5, 0.6) is 0 Å². The Labute approximate surface area is 450 Å². The number of fused-ring (bicyclic) bond motifs is 2. The largest absolute Gasteiger partial charge is 0.481 e. The van der Waals surface area contributed by atoms with Gasteiger partial charge in [0.2, 0.25) is 0 Å². The first kappa shape index (κ1) is 66.1. The van der Waals surface area contributed by atoms with Crippen molar-refractivity contribution >= 4 is 24.0 Å². The maximum atomic E-state index is 13.2. The van der Waals surface area contributed by atoms with Crippen molar-refractivity contribution in [1.29, 1.82) is 0 Å². The van der Waals surface area contributed by atoms with E-state index in [1.807, 2.05) is 13.0 Å². The number of rotatable bonds is 10. The molecule has 0 aromatic rings. The van der Waals surface area contributed by atoms with Gasteiger partial charge in [-0.1, -0.05) is 124 Å². The van der Waals surface area contributed by atoms with Gasteiger partial charge in [0, 0.05) is 43.9 Å². The van der Waals surface area contributed by atoms with Gasteiger partial charge in [-0.05, 0) is 39.0 Å². The molecule has 0 spiro atoms. The lowest BCUT2D eigenvalue weighted by atomic mass is 9.75. The summed E-state index contributed by atoms with van der Waals surface area (Å²) in [6, 6.07) is -1.38. The summed E-state index contributed by atoms with van der Waals surface area (Å²) in [5, 5.41) is 113. The zero-order valence-electron chi connectivity index (χ0n) is 44.4. The summed E-state index contributed by atoms with van der Waals surface area (Å²) in [6.07, 6.45) is 4.40. The number of ether oxygens (including phenoxy) is 6. The Balaban J connectivity index is 2.02. The molecule has 2 saturated heterocycles. The summed E-state index contributed by atoms with van der Waals surface area (Å²) in [6.45, 7) is 13.3. The van der Waals surface area contributed by atoms with E-state index in [9.17, 15) is 70.2 Å². The highest BCUT2D eigenvalue weighted by molar-refractivity contribution is 5.75. The third-order valence-corrected chi connectivity index (χ3v) is 13.5. The number of aliphatic hydroxyl groups is 9. The van der Waals surface area contributed by atoms with E-state index < -0.39 is 172 Å². The van der Waals surface area contributed by atoms with Crippen molar-refractivity contribution in [2.45, 2.75) is 177 Å². The van der Waals surface area contributed by atoms with Gasteiger partial charge in [-0.15, -0.1) is 0 Å². The van der Waals surface area contributed by atoms with Crippen molar-refractivity contribution in [3.05, 3.63) is 110 Å². The van der Waals surface area contributed by atoms with Crippen molar-refractivity contribution in [3.8, 4) is 0 Å². The molecule has 0 aromatic heterocycles. The number of esters is 2. The number of cyclic esters (lactones) is 1. The molecule has 11 N–H and O–H groups in total. The molecule has 21 nitrogen and oxygen atoms in total. The monoisotopic (exact) mass is 1090 g/mol. The van der Waals surface area contributed by atoms with Crippen LogP contribution in [0.25, 0.3) is 0 Å². The Kier molecular flexibility index (Phi) is 29.2. The van der Waals surface area contributed by atoms with Crippen LogP contribution in [0.1, 0.15) is 85.5 Å². The van der Waals surface area contributed by atoms with Gasteiger partial charge < -0.3 is 84.8 Å². The number of allylic oxidation sites excluding steroid dienone is 12. The Morgan fingerprint density at radius 2 is 1.29 bits per heavy atom. The maximum Gasteiger partial charge on any atom is 0.407 e. The number of alkyl carbamates (subject to hydrolysis) is 1. The molecule has 432 valence electrons. The minimum atomic E-state index is -2.38. The third-order valence-electron chi connectivity index (χ3n) is 13.5. The number of carboxylic acid groups (broad SMARTS) is 1. The second kappa shape index (κ2) is 34.0. The zero-order chi connectivity index (χ0) is 57.2. The fourth-order valence-corrected chi connectivity index (χ4v) is 9.22. The van der Waals surface area contributed by atoms with Crippen LogP contribution in [0.15, 0.2) is 110 Å². The minimum absolute atomic E-state index is 0.144. The van der Waals surface area contributed by atoms with Crippen LogP contribution in [0.4, 0.5) is 4.79 Å². The normalized spacial score (nSPS) is 39.9. The van der Waals surface area contributed by atoms with Crippen LogP contribution in [0.2, 0.25) is 0 Å². The quantitative estimate of drug-likeness (QED) is 0.0851. The van der Waals surface area contributed by atoms with E-state index in [-0.39, 0.29) is 38.4 Å². The number of carbonyl (C=O) groups excluding carboxylic acids is 3. The molecule has 21 heteroatoms. The fraction of sp³-hybridized carbons (Fsp3) is 0.607. The van der Waals surface area contributed by atoms with E-state index in [2.05, 4.69) is 18.5 Å². The number of amides is 1. The highest BCUT2D eigenvalue weighted by atomic mass is 16.7. The van der Waals surface area contributed by atoms with Gasteiger partial charge in [0.05, 0.1) is 73.3 Å². The Hall–Kier alpha value is -5.14. The zero-order valence-corrected chi connectivity index (χ0v) is 44.4. The lowest BCUT2D eigenvalue weighted by molar-refractivity contribution is -0.304. The summed E-state index contributed by atoms with van der Waals surface area (Å²) in [4.78, 5) is 51.5. The second-order valence-electron chi connectivity index (χ2n) is 19.9. The van der Waals surface area contributed by atoms with Crippen LogP contribution < -0.4 is 5.32 Å². The molecule has 1 amide bonds. The highest BCUT2D eigenvalue weighted by Crippen LogP contribution is 2.43. The van der Waals surface area contributed by atoms with Crippen molar-refractivity contribution in [2.24, 2.45) is 23.7 Å². The molecule has 0 aliphatic carbocycles. The molecule has 3 aliphatic rings. The van der Waals surface area contributed by atoms with E-state index in [0.29, 0.717) is 0 Å². The summed E-state index contributed by atoms with van der Waals surface area (Å²) >= 11 is 0. The van der Waals surface area contributed by atoms with Crippen molar-refractivity contribution in [2.75, 3.05) is 13.2 Å². The molecule has 77 heavy (non-hydrogen) atoms. The van der Waals surface area contributed by atoms with Gasteiger partial charge in [0.25, 0.3) is 0 Å². The number of hydrogen-bond acceptors (Lipinski definition) is 19. The maximum absolute atomic E-state index is 13.2. The highest BCUT2D eigenvalue weighted by Gasteiger charge is 2.52. The third kappa shape index (κ3) is 23.4. The second-order valence-corrected chi connectivity index (χ2v) is 19.9. The van der Waals surface area contributed by atoms with Gasteiger partial charge in [0.15, 0.2) is 12.1 Å². The molecule has 3 heterocycles. The van der Waals surface area contributed by atoms with Gasteiger partial charge in [-0.25, -0.2) is 4.79 Å². The number of nitrogens with one attached hydrogen (secondary N) is 1. The average molecular weight is 1090 g/mol. The summed E-state index contributed by atoms with van der Waals surface area (Å²) in [7, 11) is 0. The van der Waals surface area contributed by atoms with Crippen LogP contribution in [-0.4, -0.2) is 180 Å². The van der Waals surface area contributed by atoms with Gasteiger partial charge in [-0.3, -0.25) is 14.4 Å². The molecule has 2 fully saturated rings. The molecular weight excluding hydrogens is 1010 g/mol. The Bertz CT molecular complexity index is 2070. The standard InChI is InChI=1S/C56H83NO20/c1-7-25-72-46(63)27-38-32-56(71)33-41(60)29-44(62)43(61)24-23-39(58)28-40(59)30-47(64)74-36(5)35(4)50(65)34(3)21-19-17-15-13-11-9-10-12-14-16-18-20-22-42(31-45(77-56)48(38)53(68)69)76-54-52(67)49(51(66)37(6)75-54)57-55(70)73-26-8-2/h7-22,34-45,48-52,54,58-62,65-67,71H,1-2,23-33H2,3-6H3,(H,57,70)(H,68,69)/b10-9+,13-11+,14-12+,17-15+,18-16+,21-19+,22-20+/t34-,35-,36-,37+,38-,39+,40+,41-,42-,43+,44+,45-,48+,49-,50+,51+,52-,54-,56-/m0/s1. The number of aliphatic carboxylic acids is 1. The number of carbonyl (C=O) groups is 4. The molecule has 3 aliphatic heterocycles. The van der Waals surface area contributed by atoms with E-state index in [1.54, 1.807) is 86.8 Å². The SMILES string of the molecule is C=CCOC(=O)C[C@H]1C[C@@]2(O)C[C@@H](O)C[C@@H](O)[C@H](O)CC[C@@H](O)C[C@@H](O)CC(=O)O[C@@H](C)[C@H](C)[C@H](O)[C@@H](C)/C=C/C=C/C=C/C=C/C=C/C=C/C=C/[C@H](O[C@@H]3O[C@H](C)[C@@H](O)[C@H](NC(=O)OCC=C)[C@@H]3O)C[C@H](O2)[C@@H]1C(=O)O. The molecule has 0 unspecified atom stereocenters. The lowest BCUT2D eigenvalue weighted by Crippen LogP contribution is -2.64. The fourth-order valence-electron chi connectivity index (χ4n) is 9.22. The molecule has 0 saturated carbocycles. The van der Waals surface area contributed by atoms with Crippen LogP contribution in [0.3, 0.4) is 0 Å². The topological polar surface area (TPSA) is 338 Å². The predicted octanol–water partition coefficient (Wildman–Crippen LogP) is 3.04. The summed E-state index contributed by atoms with van der Waals surface area (Å²) in [5.74, 6) is -8.89. The smallest absolute Gasteiger partial charge is 0.407 e. The predicted molar refractivity (Wildman–Crippen MR) is 281 cm³/mol. The molecule has 3 rings (SSSR count). The number of carboxylic acids is 1. The van der Waals surface area contributed by atoms with E-state index in [1.165, 1.54) is 25.2 Å². The lowest BCUT2D eigenvalue weighted by Gasteiger charge is -2.46. The van der Waals surface area contributed by atoms with E-state index in [0.717, 1.165) is 0 Å². The van der Waals surface area contributed by atoms with E-state index in [4.69, 9.17) is 28.4 Å². The first-order chi connectivity index (χ1) is 36.5. The van der Waals surface area contributed by atoms with Crippen LogP contribution >= 0.6 is 0 Å². The van der Waals surface area contributed by atoms with Gasteiger partial charge in [-0.2, -0.15) is 0 Å². The molecule has 2 bridgehead atoms. The number of aliphatic hydroxyl groups excluding tert-OH is 8. The summed E-state index contributed by atoms with van der Waals surface area (Å²) in [5.41, 5.74) is 0. The number of hydrogen-bond donors (Lipinski definition) is 11. The van der Waals surface area contributed by atoms with Gasteiger partial charge in [0.1, 0.15) is 31.5 Å². The minimum Gasteiger partial charge on any atom is -0.481 e. The van der Waals surface area contributed by atoms with Crippen LogP contribution in [0, 0.1) is 23.7 Å². The molecule has 19 atom stereocenters. The molecular formula is C56H83NO20. The molecule has 0 aromatic carbocycles. The van der Waals surface area contributed by atoms with Gasteiger partial charge >= 0.3 is 24.0 Å². The Morgan fingerprint density at radius 1 is 0.701 bits per heavy atom. The first-order valence-electron chi connectivity index (χ1n) is 26.1. The Morgan fingerprint density at radius 3 is 1.88 bits per heavy atom. The van der Waals surface area contributed by atoms with Crippen LogP contribution in [-0.2, 0) is 42.8 Å². The first-order valence-corrected chi connectivity index (χ1v) is 26.1. The molecule has 0 radical (unpaired) electrons. The van der Waals surface area contributed by atoms with Crippen molar-refractivity contribution in [3.63, 3.8) is 0 Å². The average Bonchev–Trinajstić information content (AvgIpc) is 3.35. The van der Waals surface area contributed by atoms with Crippen molar-refractivity contribution in [1.82, 2.24) is 5.32 Å². The van der Waals surface area contributed by atoms with E-state index >= 15 is 0 Å². The summed E-state index contributed by atoms with van der Waals surface area (Å²) < 4.78 is 34.0. The van der Waals surface area contributed by atoms with Crippen molar-refractivity contribution < 1.29 is 98.7 Å².